The fourth-order valence-corrected chi connectivity index (χ4v) is 21.3. The average Bonchev–Trinajstić information content (AvgIpc) is 0.771. The van der Waals surface area contributed by atoms with Crippen molar-refractivity contribution in [1.29, 1.82) is 0 Å². The Bertz CT molecular complexity index is 6950. The molecule has 722 valence electrons. The molecule has 0 bridgehead atoms. The molecule has 0 saturated heterocycles. The van der Waals surface area contributed by atoms with Crippen LogP contribution in [0.4, 0.5) is 45.5 Å². The Morgan fingerprint density at radius 2 is 0.536 bits per heavy atom. The number of benzene rings is 12. The number of sulfone groups is 4. The van der Waals surface area contributed by atoms with E-state index in [1.807, 2.05) is 26.0 Å². The molecule has 0 heterocycles. The highest BCUT2D eigenvalue weighted by atomic mass is 35.5. The highest BCUT2D eigenvalue weighted by molar-refractivity contribution is 7.93. The van der Waals surface area contributed by atoms with Gasteiger partial charge in [-0.1, -0.05) is 158 Å². The molecule has 0 fully saturated rings. The molecule has 12 aromatic carbocycles. The van der Waals surface area contributed by atoms with Gasteiger partial charge < -0.3 is 67.7 Å². The van der Waals surface area contributed by atoms with Gasteiger partial charge in [0.15, 0.2) is 39.3 Å². The number of nitrogens with one attached hydrogen (secondary N) is 8. The maximum absolute atomic E-state index is 13.1. The number of aromatic hydroxyl groups is 4. The second kappa shape index (κ2) is 47.7. The van der Waals surface area contributed by atoms with E-state index >= 15 is 0 Å². The topological polar surface area (TPSA) is 477 Å². The predicted octanol–water partition coefficient (Wildman–Crippen LogP) is 19.6. The Labute approximate surface area is 818 Å². The lowest BCUT2D eigenvalue weighted by atomic mass is 10.1. The van der Waals surface area contributed by atoms with Crippen molar-refractivity contribution in [3.63, 3.8) is 0 Å². The van der Waals surface area contributed by atoms with E-state index < -0.39 is 113 Å². The SMILES string of the molecule is CCC(C(=O)Nc1cc(O)c(NC(=O)c2ccc(C(=O)OC)cc2)cc1Cl)S(=O)(=O)c1cccc(C)c1.CCC(C(=O)Nc1cc(O)c(NC(=O)c2ccc(Cl)c(Cl)c2)cc1Cl)S(=O)(=O)c1cccc(C)c1.CCC(C(=O)Nc1ccc(NC(=O)c2cccc(C)c2)c(O)c1)S(=O)(=O)c1cccc(C)c1.CCC(C(=O)Nc1ccc(NC(=O)c2cccc(C)c2)c(O)c1)S(=O)(=O)c1cccc(C)c1. The summed E-state index contributed by atoms with van der Waals surface area (Å²) in [6.45, 7) is 17.2. The van der Waals surface area contributed by atoms with Crippen molar-refractivity contribution in [1.82, 2.24) is 0 Å². The summed E-state index contributed by atoms with van der Waals surface area (Å²) in [7, 11) is -14.5. The van der Waals surface area contributed by atoms with Crippen LogP contribution in [0.3, 0.4) is 0 Å². The highest BCUT2D eigenvalue weighted by Gasteiger charge is 2.38. The molecule has 0 spiro atoms. The summed E-state index contributed by atoms with van der Waals surface area (Å²) in [5.41, 5.74) is 7.09. The first kappa shape index (κ1) is 108. The van der Waals surface area contributed by atoms with Crippen LogP contribution in [0.25, 0.3) is 0 Å². The van der Waals surface area contributed by atoms with Crippen molar-refractivity contribution in [2.45, 2.75) is 136 Å². The van der Waals surface area contributed by atoms with E-state index in [-0.39, 0.29) is 151 Å². The van der Waals surface area contributed by atoms with E-state index in [0.29, 0.717) is 11.1 Å². The fraction of sp³-hybridized carbons (Fsp3) is 0.190. The first-order chi connectivity index (χ1) is 65.1. The Hall–Kier alpha value is -14.0. The number of rotatable bonds is 29. The van der Waals surface area contributed by atoms with Crippen LogP contribution in [0.15, 0.2) is 268 Å². The van der Waals surface area contributed by atoms with Gasteiger partial charge in [0.2, 0.25) is 23.6 Å². The first-order valence-electron chi connectivity index (χ1n) is 42.3. The van der Waals surface area contributed by atoms with Crippen molar-refractivity contribution in [3.8, 4) is 23.0 Å². The molecule has 0 aromatic heterocycles. The third kappa shape index (κ3) is 27.9. The number of hydrogen-bond acceptors (Lipinski definition) is 22. The molecule has 4 atom stereocenters. The van der Waals surface area contributed by atoms with Crippen LogP contribution < -0.4 is 42.5 Å². The molecular weight excluding hydrogens is 1940 g/mol. The summed E-state index contributed by atoms with van der Waals surface area (Å²) in [6.07, 6.45) is 0.190. The predicted molar refractivity (Wildman–Crippen MR) is 535 cm³/mol. The fourth-order valence-electron chi connectivity index (χ4n) is 13.7. The third-order valence-corrected chi connectivity index (χ3v) is 31.1. The van der Waals surface area contributed by atoms with Gasteiger partial charge in [0.25, 0.3) is 23.6 Å². The number of esters is 1. The van der Waals surface area contributed by atoms with Crippen LogP contribution in [0, 0.1) is 41.5 Å². The van der Waals surface area contributed by atoms with Crippen LogP contribution in [-0.2, 0) is 63.3 Å². The maximum atomic E-state index is 13.1. The minimum atomic E-state index is -3.98. The van der Waals surface area contributed by atoms with Crippen molar-refractivity contribution >= 4 is 184 Å². The molecule has 0 aliphatic heterocycles. The maximum Gasteiger partial charge on any atom is 0.337 e. The van der Waals surface area contributed by atoms with E-state index in [0.717, 1.165) is 45.5 Å². The molecule has 138 heavy (non-hydrogen) atoms. The van der Waals surface area contributed by atoms with Gasteiger partial charge in [-0.15, -0.1) is 0 Å². The second-order valence-corrected chi connectivity index (χ2v) is 41.6. The number of phenols is 4. The lowest BCUT2D eigenvalue weighted by molar-refractivity contribution is -0.116. The summed E-state index contributed by atoms with van der Waals surface area (Å²) in [5.74, 6) is -6.83. The number of ether oxygens (including phenoxy) is 1. The molecular formula is C100H98Cl4N8O22S4. The number of halogens is 4. The number of amides is 8. The van der Waals surface area contributed by atoms with Crippen molar-refractivity contribution in [2.75, 3.05) is 49.6 Å². The van der Waals surface area contributed by atoms with E-state index in [1.54, 1.807) is 140 Å². The molecule has 30 nitrogen and oxygen atoms in total. The van der Waals surface area contributed by atoms with Crippen molar-refractivity contribution in [2.24, 2.45) is 0 Å². The summed E-state index contributed by atoms with van der Waals surface area (Å²) in [4.78, 5) is 113. The van der Waals surface area contributed by atoms with Gasteiger partial charge in [0.1, 0.15) is 44.0 Å². The lowest BCUT2D eigenvalue weighted by Crippen LogP contribution is -2.34. The number of carbonyl (C=O) groups is 9. The van der Waals surface area contributed by atoms with Crippen LogP contribution in [-0.4, -0.2) is 135 Å². The summed E-state index contributed by atoms with van der Waals surface area (Å²) < 4.78 is 109. The number of phenolic OH excluding ortho intramolecular Hbond substituents is 4. The number of methoxy groups -OCH3 is 1. The lowest BCUT2D eigenvalue weighted by Gasteiger charge is -2.18. The average molecular weight is 2030 g/mol. The molecule has 12 N–H and O–H groups in total. The van der Waals surface area contributed by atoms with E-state index in [1.165, 1.54) is 147 Å². The first-order valence-corrected chi connectivity index (χ1v) is 50.0. The summed E-state index contributed by atoms with van der Waals surface area (Å²) in [5, 5.41) is 56.8. The quantitative estimate of drug-likeness (QED) is 0.0153. The zero-order valence-electron chi connectivity index (χ0n) is 76.1. The second-order valence-electron chi connectivity index (χ2n) is 31.4. The van der Waals surface area contributed by atoms with E-state index in [4.69, 9.17) is 46.4 Å². The largest absolute Gasteiger partial charge is 0.506 e. The Balaban J connectivity index is 0.000000206. The van der Waals surface area contributed by atoms with E-state index in [9.17, 15) is 97.2 Å². The Morgan fingerprint density at radius 1 is 0.268 bits per heavy atom. The molecule has 0 saturated carbocycles. The number of aryl methyl sites for hydroxylation is 6. The molecule has 0 aliphatic carbocycles. The molecule has 8 amide bonds. The number of carbonyl (C=O) groups excluding carboxylic acids is 9. The number of anilines is 8. The van der Waals surface area contributed by atoms with Gasteiger partial charge in [-0.2, -0.15) is 0 Å². The van der Waals surface area contributed by atoms with Crippen LogP contribution in [0.1, 0.15) is 139 Å². The monoisotopic (exact) mass is 2030 g/mol. The van der Waals surface area contributed by atoms with Gasteiger partial charge >= 0.3 is 5.97 Å². The zero-order valence-corrected chi connectivity index (χ0v) is 82.4. The van der Waals surface area contributed by atoms with Crippen molar-refractivity contribution in [3.05, 3.63) is 330 Å². The van der Waals surface area contributed by atoms with Crippen LogP contribution in [0.2, 0.25) is 20.1 Å². The molecule has 4 unspecified atom stereocenters. The van der Waals surface area contributed by atoms with Gasteiger partial charge in [0, 0.05) is 57.9 Å². The molecule has 12 rings (SSSR count). The molecule has 12 aromatic rings. The van der Waals surface area contributed by atoms with Gasteiger partial charge in [0.05, 0.1) is 86.5 Å². The minimum Gasteiger partial charge on any atom is -0.506 e. The van der Waals surface area contributed by atoms with Gasteiger partial charge in [-0.25, -0.2) is 38.5 Å². The Kier molecular flexibility index (Phi) is 37.2. The summed E-state index contributed by atoms with van der Waals surface area (Å²) >= 11 is 24.3. The standard InChI is InChI=1S/C26H25ClN2O7S.2C25H26N2O5S.C24H21Cl3N2O5S/c1-4-23(37(34,35)18-7-5-6-15(2)12-18)25(32)28-20-14-22(30)21(13-19(20)27)29-24(31)16-8-10-17(11-9-16)26(33)36-3;2*1-4-23(33(31,32)20-10-6-8-17(3)14-20)25(30)26-19-11-12-21(22(28)15-19)27-24(29)18-9-5-7-16(2)13-18;1-3-22(35(33,34)15-6-4-5-13(2)9-15)24(32)28-19-12-21(30)20(11-18(19)27)29-23(31)14-7-8-16(25)17(26)10-14/h5-14,23,30H,4H2,1-3H3,(H,28,32)(H,29,31);2*5-15,23,28H,4H2,1-3H3,(H,26,30)(H,27,29);4-12,22,30H,3H2,1-2H3,(H,28,32)(H,29,31). The normalized spacial score (nSPS) is 12.1. The third-order valence-electron chi connectivity index (χ3n) is 20.9. The molecule has 0 radical (unpaired) electrons. The number of hydrogen-bond donors (Lipinski definition) is 12. The highest BCUT2D eigenvalue weighted by Crippen LogP contribution is 2.39. The summed E-state index contributed by atoms with van der Waals surface area (Å²) in [6, 6.07) is 62.4. The van der Waals surface area contributed by atoms with Crippen LogP contribution >= 0.6 is 46.4 Å². The van der Waals surface area contributed by atoms with Gasteiger partial charge in [-0.3, -0.25) is 38.4 Å². The molecule has 0 aliphatic rings. The van der Waals surface area contributed by atoms with Crippen molar-refractivity contribution < 1.29 is 102 Å². The van der Waals surface area contributed by atoms with Gasteiger partial charge in [-0.05, 0) is 241 Å². The van der Waals surface area contributed by atoms with E-state index in [2.05, 4.69) is 47.3 Å². The molecule has 38 heteroatoms. The van der Waals surface area contributed by atoms with Crippen LogP contribution in [0.5, 0.6) is 23.0 Å². The smallest absolute Gasteiger partial charge is 0.337 e. The Morgan fingerprint density at radius 3 is 0.826 bits per heavy atom. The zero-order chi connectivity index (χ0) is 102. The minimum absolute atomic E-state index is 0.00855.